The van der Waals surface area contributed by atoms with Crippen LogP contribution in [0.2, 0.25) is 0 Å². The number of hydrogen-bond acceptors (Lipinski definition) is 1. The first-order valence-electron chi connectivity index (χ1n) is 5.73. The summed E-state index contributed by atoms with van der Waals surface area (Å²) in [6.07, 6.45) is 4.10. The zero-order valence-corrected chi connectivity index (χ0v) is 9.17. The number of rotatable bonds is 4. The first kappa shape index (κ1) is 10.6. The Morgan fingerprint density at radius 3 is 2.53 bits per heavy atom. The second-order valence-corrected chi connectivity index (χ2v) is 4.49. The van der Waals surface area contributed by atoms with Gasteiger partial charge in [0.05, 0.1) is 0 Å². The Kier molecular flexibility index (Phi) is 3.37. The van der Waals surface area contributed by atoms with Gasteiger partial charge in [0.1, 0.15) is 5.82 Å². The van der Waals surface area contributed by atoms with Gasteiger partial charge in [-0.05, 0) is 43.4 Å². The van der Waals surface area contributed by atoms with Crippen molar-refractivity contribution in [2.24, 2.45) is 5.92 Å². The summed E-state index contributed by atoms with van der Waals surface area (Å²) in [7, 11) is 0. The normalized spacial score (nSPS) is 18.5. The fourth-order valence-corrected chi connectivity index (χ4v) is 1.99. The highest BCUT2D eigenvalue weighted by molar-refractivity contribution is 5.15. The Morgan fingerprint density at radius 2 is 2.00 bits per heavy atom. The second kappa shape index (κ2) is 4.75. The molecule has 0 saturated heterocycles. The third kappa shape index (κ3) is 2.78. The molecule has 1 N–H and O–H groups in total. The highest BCUT2D eigenvalue weighted by atomic mass is 19.1. The first-order chi connectivity index (χ1) is 7.25. The summed E-state index contributed by atoms with van der Waals surface area (Å²) < 4.78 is 12.7. The van der Waals surface area contributed by atoms with E-state index in [9.17, 15) is 4.39 Å². The van der Waals surface area contributed by atoms with Crippen LogP contribution in [0.1, 0.15) is 31.7 Å². The Labute approximate surface area is 90.7 Å². The predicted molar refractivity (Wildman–Crippen MR) is 60.0 cm³/mol. The standard InChI is InChI=1S/C13H18FN/c1-10(12-3-2-4-12)15-9-11-5-7-13(14)8-6-11/h5-8,10,12,15H,2-4,9H2,1H3/t10-/m0/s1. The van der Waals surface area contributed by atoms with Crippen molar-refractivity contribution in [3.8, 4) is 0 Å². The Morgan fingerprint density at radius 1 is 1.33 bits per heavy atom. The number of halogens is 1. The Hall–Kier alpha value is -0.890. The van der Waals surface area contributed by atoms with E-state index in [0.717, 1.165) is 18.0 Å². The summed E-state index contributed by atoms with van der Waals surface area (Å²) in [4.78, 5) is 0. The molecule has 1 aromatic rings. The van der Waals surface area contributed by atoms with Gasteiger partial charge in [-0.1, -0.05) is 18.6 Å². The van der Waals surface area contributed by atoms with Crippen molar-refractivity contribution in [2.75, 3.05) is 0 Å². The molecule has 15 heavy (non-hydrogen) atoms. The van der Waals surface area contributed by atoms with Crippen LogP contribution in [-0.4, -0.2) is 6.04 Å². The van der Waals surface area contributed by atoms with Crippen LogP contribution in [0.15, 0.2) is 24.3 Å². The lowest BCUT2D eigenvalue weighted by molar-refractivity contribution is 0.240. The molecule has 0 radical (unpaired) electrons. The molecule has 1 saturated carbocycles. The van der Waals surface area contributed by atoms with Crippen LogP contribution >= 0.6 is 0 Å². The molecule has 2 heteroatoms. The molecule has 2 rings (SSSR count). The molecule has 0 bridgehead atoms. The molecular weight excluding hydrogens is 189 g/mol. The van der Waals surface area contributed by atoms with E-state index in [4.69, 9.17) is 0 Å². The molecule has 0 unspecified atom stereocenters. The summed E-state index contributed by atoms with van der Waals surface area (Å²) in [6, 6.07) is 7.31. The van der Waals surface area contributed by atoms with Gasteiger partial charge < -0.3 is 5.32 Å². The van der Waals surface area contributed by atoms with E-state index in [1.807, 2.05) is 12.1 Å². The summed E-state index contributed by atoms with van der Waals surface area (Å²) in [6.45, 7) is 3.09. The molecule has 1 aromatic carbocycles. The van der Waals surface area contributed by atoms with Gasteiger partial charge in [-0.15, -0.1) is 0 Å². The maximum absolute atomic E-state index is 12.7. The van der Waals surface area contributed by atoms with E-state index in [-0.39, 0.29) is 5.82 Å². The van der Waals surface area contributed by atoms with E-state index in [0.29, 0.717) is 6.04 Å². The van der Waals surface area contributed by atoms with Crippen LogP contribution in [0.5, 0.6) is 0 Å². The van der Waals surface area contributed by atoms with E-state index in [1.165, 1.54) is 31.4 Å². The van der Waals surface area contributed by atoms with Gasteiger partial charge in [-0.3, -0.25) is 0 Å². The van der Waals surface area contributed by atoms with E-state index in [2.05, 4.69) is 12.2 Å². The van der Waals surface area contributed by atoms with Crippen molar-refractivity contribution in [3.05, 3.63) is 35.6 Å². The summed E-state index contributed by atoms with van der Waals surface area (Å²) in [5, 5.41) is 3.50. The van der Waals surface area contributed by atoms with Crippen molar-refractivity contribution < 1.29 is 4.39 Å². The molecule has 1 nitrogen and oxygen atoms in total. The quantitative estimate of drug-likeness (QED) is 0.800. The van der Waals surface area contributed by atoms with Gasteiger partial charge in [-0.25, -0.2) is 4.39 Å². The molecule has 1 atom stereocenters. The lowest BCUT2D eigenvalue weighted by atomic mass is 9.80. The SMILES string of the molecule is C[C@H](NCc1ccc(F)cc1)C1CCC1. The molecular formula is C13H18FN. The highest BCUT2D eigenvalue weighted by Gasteiger charge is 2.23. The van der Waals surface area contributed by atoms with Gasteiger partial charge in [0.25, 0.3) is 0 Å². The minimum atomic E-state index is -0.161. The number of nitrogens with one attached hydrogen (secondary N) is 1. The van der Waals surface area contributed by atoms with Crippen LogP contribution in [0.3, 0.4) is 0 Å². The lowest BCUT2D eigenvalue weighted by Crippen LogP contribution is -2.36. The number of hydrogen-bond donors (Lipinski definition) is 1. The zero-order chi connectivity index (χ0) is 10.7. The number of benzene rings is 1. The molecule has 0 aromatic heterocycles. The third-order valence-electron chi connectivity index (χ3n) is 3.40. The maximum atomic E-state index is 12.7. The Balaban J connectivity index is 1.79. The molecule has 0 amide bonds. The minimum Gasteiger partial charge on any atom is -0.310 e. The van der Waals surface area contributed by atoms with Crippen LogP contribution in [0.25, 0.3) is 0 Å². The molecule has 0 heterocycles. The molecule has 1 aliphatic carbocycles. The van der Waals surface area contributed by atoms with Crippen LogP contribution in [0.4, 0.5) is 4.39 Å². The first-order valence-corrected chi connectivity index (χ1v) is 5.73. The van der Waals surface area contributed by atoms with Crippen molar-refractivity contribution in [3.63, 3.8) is 0 Å². The van der Waals surface area contributed by atoms with Gasteiger partial charge >= 0.3 is 0 Å². The fraction of sp³-hybridized carbons (Fsp3) is 0.538. The molecule has 1 aliphatic rings. The van der Waals surface area contributed by atoms with Gasteiger partial charge in [0.15, 0.2) is 0 Å². The van der Waals surface area contributed by atoms with Gasteiger partial charge in [0, 0.05) is 12.6 Å². The molecule has 0 spiro atoms. The second-order valence-electron chi connectivity index (χ2n) is 4.49. The van der Waals surface area contributed by atoms with Gasteiger partial charge in [0.2, 0.25) is 0 Å². The molecule has 0 aliphatic heterocycles. The highest BCUT2D eigenvalue weighted by Crippen LogP contribution is 2.29. The topological polar surface area (TPSA) is 12.0 Å². The average molecular weight is 207 g/mol. The largest absolute Gasteiger partial charge is 0.310 e. The average Bonchev–Trinajstić information content (AvgIpc) is 2.14. The monoisotopic (exact) mass is 207 g/mol. The van der Waals surface area contributed by atoms with Crippen molar-refractivity contribution in [2.45, 2.75) is 38.8 Å². The van der Waals surface area contributed by atoms with E-state index in [1.54, 1.807) is 0 Å². The van der Waals surface area contributed by atoms with Crippen LogP contribution < -0.4 is 5.32 Å². The Bertz CT molecular complexity index is 303. The fourth-order valence-electron chi connectivity index (χ4n) is 1.99. The smallest absolute Gasteiger partial charge is 0.123 e. The zero-order valence-electron chi connectivity index (χ0n) is 9.17. The van der Waals surface area contributed by atoms with Crippen LogP contribution in [0, 0.1) is 11.7 Å². The summed E-state index contributed by atoms with van der Waals surface area (Å²) >= 11 is 0. The van der Waals surface area contributed by atoms with E-state index >= 15 is 0 Å². The van der Waals surface area contributed by atoms with Crippen molar-refractivity contribution in [1.29, 1.82) is 0 Å². The summed E-state index contributed by atoms with van der Waals surface area (Å²) in [5.74, 6) is 0.691. The van der Waals surface area contributed by atoms with Crippen molar-refractivity contribution >= 4 is 0 Å². The molecule has 82 valence electrons. The summed E-state index contributed by atoms with van der Waals surface area (Å²) in [5.41, 5.74) is 1.16. The lowest BCUT2D eigenvalue weighted by Gasteiger charge is -2.32. The third-order valence-corrected chi connectivity index (χ3v) is 3.40. The van der Waals surface area contributed by atoms with Crippen molar-refractivity contribution in [1.82, 2.24) is 5.32 Å². The van der Waals surface area contributed by atoms with E-state index < -0.39 is 0 Å². The van der Waals surface area contributed by atoms with Gasteiger partial charge in [-0.2, -0.15) is 0 Å². The van der Waals surface area contributed by atoms with Crippen LogP contribution in [-0.2, 0) is 6.54 Å². The predicted octanol–water partition coefficient (Wildman–Crippen LogP) is 3.10. The minimum absolute atomic E-state index is 0.161. The molecule has 1 fully saturated rings. The maximum Gasteiger partial charge on any atom is 0.123 e.